The maximum atomic E-state index is 14.7. The number of benzene rings is 1. The minimum Gasteiger partial charge on any atom is -0.358 e. The zero-order valence-corrected chi connectivity index (χ0v) is 19.7. The first-order chi connectivity index (χ1) is 15.3. The van der Waals surface area contributed by atoms with Crippen LogP contribution in [0.3, 0.4) is 0 Å². The molecule has 12 heteroatoms. The number of carbonyl (C=O) groups excluding carboxylic acids is 1. The van der Waals surface area contributed by atoms with Crippen molar-refractivity contribution in [3.05, 3.63) is 57.1 Å². The van der Waals surface area contributed by atoms with E-state index in [2.05, 4.69) is 10.3 Å². The maximum absolute atomic E-state index is 14.7. The molecule has 3 heterocycles. The molecule has 0 bridgehead atoms. The van der Waals surface area contributed by atoms with Crippen molar-refractivity contribution < 1.29 is 26.4 Å². The van der Waals surface area contributed by atoms with E-state index in [0.29, 0.717) is 10.4 Å². The van der Waals surface area contributed by atoms with Crippen molar-refractivity contribution >= 4 is 50.1 Å². The predicted molar refractivity (Wildman–Crippen MR) is 122 cm³/mol. The average Bonchev–Trinajstić information content (AvgIpc) is 3.06. The fourth-order valence-electron chi connectivity index (χ4n) is 3.36. The summed E-state index contributed by atoms with van der Waals surface area (Å²) in [6.07, 6.45) is 2.35. The highest BCUT2D eigenvalue weighted by atomic mass is 35.5. The molecule has 4 rings (SSSR count). The van der Waals surface area contributed by atoms with Crippen molar-refractivity contribution in [3.63, 3.8) is 0 Å². The molecule has 0 aliphatic carbocycles. The van der Waals surface area contributed by atoms with Crippen LogP contribution in [-0.2, 0) is 9.84 Å². The second-order valence-corrected chi connectivity index (χ2v) is 11.4. The highest BCUT2D eigenvalue weighted by molar-refractivity contribution is 7.90. The average molecular weight is 516 g/mol. The molecule has 1 fully saturated rings. The molecule has 0 unspecified atom stereocenters. The SMILES string of the molecule is Cc1sc(C(=O)Nc2cc(Cl)cc(S(C)(=O)=O)c2)cc1-c1ncc(N2CC(F)(F)C2)cc1F. The Morgan fingerprint density at radius 2 is 1.91 bits per heavy atom. The van der Waals surface area contributed by atoms with Crippen LogP contribution in [0.1, 0.15) is 14.5 Å². The highest BCUT2D eigenvalue weighted by Crippen LogP contribution is 2.36. The first-order valence-electron chi connectivity index (χ1n) is 9.53. The molecule has 0 radical (unpaired) electrons. The Bertz CT molecular complexity index is 1370. The van der Waals surface area contributed by atoms with E-state index in [0.717, 1.165) is 23.7 Å². The van der Waals surface area contributed by atoms with Crippen LogP contribution in [0.2, 0.25) is 5.02 Å². The van der Waals surface area contributed by atoms with E-state index in [9.17, 15) is 26.4 Å². The van der Waals surface area contributed by atoms with Gasteiger partial charge in [-0.05, 0) is 31.2 Å². The fourth-order valence-corrected chi connectivity index (χ4v) is 5.26. The normalized spacial score (nSPS) is 15.3. The van der Waals surface area contributed by atoms with E-state index in [1.54, 1.807) is 6.92 Å². The summed E-state index contributed by atoms with van der Waals surface area (Å²) in [7, 11) is -3.53. The number of alkyl halides is 2. The van der Waals surface area contributed by atoms with Crippen LogP contribution in [0, 0.1) is 12.7 Å². The smallest absolute Gasteiger partial charge is 0.282 e. The number of halogens is 4. The molecule has 1 saturated heterocycles. The first-order valence-corrected chi connectivity index (χ1v) is 12.6. The summed E-state index contributed by atoms with van der Waals surface area (Å²) in [6.45, 7) is 0.725. The molecule has 1 amide bonds. The van der Waals surface area contributed by atoms with Gasteiger partial charge in [0.25, 0.3) is 11.8 Å². The summed E-state index contributed by atoms with van der Waals surface area (Å²) < 4.78 is 64.5. The number of aromatic nitrogens is 1. The van der Waals surface area contributed by atoms with Crippen molar-refractivity contribution in [1.82, 2.24) is 4.98 Å². The third kappa shape index (κ3) is 4.99. The Labute approximate surface area is 196 Å². The second-order valence-electron chi connectivity index (χ2n) is 7.72. The van der Waals surface area contributed by atoms with Crippen molar-refractivity contribution in [2.45, 2.75) is 17.7 Å². The van der Waals surface area contributed by atoms with Gasteiger partial charge in [-0.15, -0.1) is 11.3 Å². The summed E-state index contributed by atoms with van der Waals surface area (Å²) in [5.41, 5.74) is 0.850. The molecule has 1 aromatic carbocycles. The lowest BCUT2D eigenvalue weighted by atomic mass is 10.1. The predicted octanol–water partition coefficient (Wildman–Crippen LogP) is 5.02. The number of carbonyl (C=O) groups is 1. The van der Waals surface area contributed by atoms with Crippen LogP contribution in [0.4, 0.5) is 24.5 Å². The molecular formula is C21H17ClF3N3O3S2. The van der Waals surface area contributed by atoms with Crippen molar-refractivity contribution in [3.8, 4) is 11.3 Å². The molecule has 174 valence electrons. The van der Waals surface area contributed by atoms with E-state index >= 15 is 0 Å². The quantitative estimate of drug-likeness (QED) is 0.516. The zero-order chi connectivity index (χ0) is 24.1. The van der Waals surface area contributed by atoms with Gasteiger partial charge in [-0.25, -0.2) is 21.6 Å². The fraction of sp³-hybridized carbons (Fsp3) is 0.238. The number of thiophene rings is 1. The van der Waals surface area contributed by atoms with Crippen LogP contribution in [-0.4, -0.2) is 44.6 Å². The van der Waals surface area contributed by atoms with E-state index < -0.39 is 40.6 Å². The number of anilines is 2. The van der Waals surface area contributed by atoms with Gasteiger partial charge >= 0.3 is 0 Å². The molecule has 33 heavy (non-hydrogen) atoms. The van der Waals surface area contributed by atoms with Gasteiger partial charge in [0.2, 0.25) is 0 Å². The monoisotopic (exact) mass is 515 g/mol. The molecule has 2 aromatic heterocycles. The third-order valence-corrected chi connectivity index (χ3v) is 7.35. The zero-order valence-electron chi connectivity index (χ0n) is 17.3. The summed E-state index contributed by atoms with van der Waals surface area (Å²) in [6, 6.07) is 6.60. The highest BCUT2D eigenvalue weighted by Gasteiger charge is 2.44. The molecule has 0 atom stereocenters. The second kappa shape index (κ2) is 8.30. The standard InChI is InChI=1S/C21H17ClF3N3O3S2/c1-11-16(19-17(23)6-14(8-26-19)28-9-21(24,25)10-28)7-18(32-11)20(29)27-13-3-12(22)4-15(5-13)33(2,30)31/h3-8H,9-10H2,1-2H3,(H,27,29). The van der Waals surface area contributed by atoms with E-state index in [-0.39, 0.29) is 31.9 Å². The number of nitrogens with zero attached hydrogens (tertiary/aromatic N) is 2. The first kappa shape index (κ1) is 23.5. The van der Waals surface area contributed by atoms with Crippen LogP contribution in [0.25, 0.3) is 11.3 Å². The molecule has 1 aliphatic heterocycles. The minimum atomic E-state index is -3.53. The number of aryl methyl sites for hydroxylation is 1. The van der Waals surface area contributed by atoms with Gasteiger partial charge in [0.1, 0.15) is 5.69 Å². The van der Waals surface area contributed by atoms with Crippen LogP contribution in [0.15, 0.2) is 41.4 Å². The van der Waals surface area contributed by atoms with Crippen molar-refractivity contribution in [1.29, 1.82) is 0 Å². The lowest BCUT2D eigenvalue weighted by Crippen LogP contribution is -2.56. The summed E-state index contributed by atoms with van der Waals surface area (Å²) in [5, 5.41) is 2.74. The van der Waals surface area contributed by atoms with E-state index in [1.165, 1.54) is 35.4 Å². The Hall–Kier alpha value is -2.63. The topological polar surface area (TPSA) is 79.4 Å². The van der Waals surface area contributed by atoms with Crippen LogP contribution < -0.4 is 10.2 Å². The molecule has 1 aliphatic rings. The van der Waals surface area contributed by atoms with Crippen molar-refractivity contribution in [2.75, 3.05) is 29.6 Å². The molecule has 0 spiro atoms. The molecule has 1 N–H and O–H groups in total. The van der Waals surface area contributed by atoms with Crippen LogP contribution >= 0.6 is 22.9 Å². The number of pyridine rings is 1. The molecular weight excluding hydrogens is 499 g/mol. The Morgan fingerprint density at radius 1 is 1.21 bits per heavy atom. The lowest BCUT2D eigenvalue weighted by molar-refractivity contribution is -0.0263. The minimum absolute atomic E-state index is 0.000881. The lowest BCUT2D eigenvalue weighted by Gasteiger charge is -2.40. The number of amides is 1. The van der Waals surface area contributed by atoms with Gasteiger partial charge in [-0.3, -0.25) is 9.78 Å². The van der Waals surface area contributed by atoms with Gasteiger partial charge in [-0.2, -0.15) is 0 Å². The van der Waals surface area contributed by atoms with E-state index in [4.69, 9.17) is 11.6 Å². The third-order valence-electron chi connectivity index (χ3n) is 4.99. The number of hydrogen-bond acceptors (Lipinski definition) is 6. The number of nitrogens with one attached hydrogen (secondary N) is 1. The summed E-state index contributed by atoms with van der Waals surface area (Å²) in [4.78, 5) is 19.0. The Morgan fingerprint density at radius 3 is 2.52 bits per heavy atom. The van der Waals surface area contributed by atoms with Gasteiger partial charge < -0.3 is 10.2 Å². The summed E-state index contributed by atoms with van der Waals surface area (Å²) >= 11 is 7.08. The number of rotatable bonds is 5. The molecule has 0 saturated carbocycles. The largest absolute Gasteiger partial charge is 0.358 e. The molecule has 6 nitrogen and oxygen atoms in total. The van der Waals surface area contributed by atoms with Gasteiger partial charge in [0, 0.05) is 33.5 Å². The Balaban J connectivity index is 1.57. The van der Waals surface area contributed by atoms with E-state index in [1.807, 2.05) is 0 Å². The number of hydrogen-bond donors (Lipinski definition) is 1. The Kier molecular flexibility index (Phi) is 5.92. The number of sulfone groups is 1. The molecule has 3 aromatic rings. The van der Waals surface area contributed by atoms with Gasteiger partial charge in [-0.1, -0.05) is 11.6 Å². The summed E-state index contributed by atoms with van der Waals surface area (Å²) in [5.74, 6) is -4.01. The van der Waals surface area contributed by atoms with Crippen molar-refractivity contribution in [2.24, 2.45) is 0 Å². The maximum Gasteiger partial charge on any atom is 0.282 e. The van der Waals surface area contributed by atoms with Gasteiger partial charge in [0.15, 0.2) is 15.7 Å². The van der Waals surface area contributed by atoms with Gasteiger partial charge in [0.05, 0.1) is 34.7 Å². The van der Waals surface area contributed by atoms with Crippen LogP contribution in [0.5, 0.6) is 0 Å².